The number of hydrogen-bond donors (Lipinski definition) is 1. The second-order valence-corrected chi connectivity index (χ2v) is 5.76. The summed E-state index contributed by atoms with van der Waals surface area (Å²) in [5.41, 5.74) is 5.61. The molecule has 2 aliphatic rings. The van der Waals surface area contributed by atoms with Crippen molar-refractivity contribution in [3.05, 3.63) is 0 Å². The first-order valence-corrected chi connectivity index (χ1v) is 7.12. The molecule has 0 amide bonds. The molecule has 2 heterocycles. The van der Waals surface area contributed by atoms with Crippen molar-refractivity contribution in [3.63, 3.8) is 0 Å². The van der Waals surface area contributed by atoms with Crippen molar-refractivity contribution < 1.29 is 4.74 Å². The first-order valence-electron chi connectivity index (χ1n) is 5.97. The second kappa shape index (κ2) is 5.53. The summed E-state index contributed by atoms with van der Waals surface area (Å²) in [5, 5.41) is 0. The van der Waals surface area contributed by atoms with Gasteiger partial charge in [-0.15, -0.1) is 0 Å². The van der Waals surface area contributed by atoms with Crippen LogP contribution in [-0.4, -0.2) is 54.3 Å². The number of nitrogens with zero attached hydrogens (tertiary/aromatic N) is 1. The highest BCUT2D eigenvalue weighted by Crippen LogP contribution is 2.23. The van der Waals surface area contributed by atoms with E-state index in [1.54, 1.807) is 0 Å². The molecule has 0 aromatic rings. The first-order chi connectivity index (χ1) is 7.29. The standard InChI is InChI=1S/C11H22N2OS/c1-9-8-15-5-4-13(9)7-11-3-2-10(6-12)14-11/h9-11H,2-8,12H2,1H3. The third kappa shape index (κ3) is 3.09. The van der Waals surface area contributed by atoms with E-state index in [4.69, 9.17) is 10.5 Å². The van der Waals surface area contributed by atoms with Crippen LogP contribution in [0.25, 0.3) is 0 Å². The quantitative estimate of drug-likeness (QED) is 0.783. The average molecular weight is 230 g/mol. The summed E-state index contributed by atoms with van der Waals surface area (Å²) in [7, 11) is 0. The maximum atomic E-state index is 5.89. The van der Waals surface area contributed by atoms with E-state index in [1.807, 2.05) is 0 Å². The largest absolute Gasteiger partial charge is 0.372 e. The van der Waals surface area contributed by atoms with Crippen LogP contribution in [0.1, 0.15) is 19.8 Å². The van der Waals surface area contributed by atoms with E-state index in [2.05, 4.69) is 23.6 Å². The Morgan fingerprint density at radius 1 is 1.40 bits per heavy atom. The van der Waals surface area contributed by atoms with Crippen LogP contribution in [0.4, 0.5) is 0 Å². The third-order valence-corrected chi connectivity index (χ3v) is 4.59. The molecular formula is C11H22N2OS. The summed E-state index contributed by atoms with van der Waals surface area (Å²) in [6.07, 6.45) is 3.10. The fraction of sp³-hybridized carbons (Fsp3) is 1.00. The van der Waals surface area contributed by atoms with Gasteiger partial charge in [0.1, 0.15) is 0 Å². The molecule has 0 bridgehead atoms. The van der Waals surface area contributed by atoms with E-state index in [0.29, 0.717) is 24.8 Å². The van der Waals surface area contributed by atoms with Crippen LogP contribution in [0.15, 0.2) is 0 Å². The lowest BCUT2D eigenvalue weighted by Crippen LogP contribution is -2.44. The lowest BCUT2D eigenvalue weighted by atomic mass is 10.1. The lowest BCUT2D eigenvalue weighted by Gasteiger charge is -2.34. The summed E-state index contributed by atoms with van der Waals surface area (Å²) < 4.78 is 5.89. The van der Waals surface area contributed by atoms with Crippen LogP contribution in [-0.2, 0) is 4.74 Å². The Hall–Kier alpha value is 0.230. The summed E-state index contributed by atoms with van der Waals surface area (Å²) in [6, 6.07) is 0.712. The molecule has 0 saturated carbocycles. The Bertz CT molecular complexity index is 203. The molecule has 0 aliphatic carbocycles. The minimum Gasteiger partial charge on any atom is -0.372 e. The fourth-order valence-electron chi connectivity index (χ4n) is 2.38. The van der Waals surface area contributed by atoms with Crippen molar-refractivity contribution in [2.45, 2.75) is 38.0 Å². The molecule has 0 spiro atoms. The van der Waals surface area contributed by atoms with Crippen molar-refractivity contribution in [1.82, 2.24) is 4.90 Å². The van der Waals surface area contributed by atoms with Gasteiger partial charge >= 0.3 is 0 Å². The Balaban J connectivity index is 1.76. The van der Waals surface area contributed by atoms with Crippen LogP contribution >= 0.6 is 11.8 Å². The Morgan fingerprint density at radius 2 is 2.20 bits per heavy atom. The second-order valence-electron chi connectivity index (χ2n) is 4.61. The zero-order valence-corrected chi connectivity index (χ0v) is 10.3. The monoisotopic (exact) mass is 230 g/mol. The van der Waals surface area contributed by atoms with E-state index in [1.165, 1.54) is 24.5 Å². The zero-order valence-electron chi connectivity index (χ0n) is 9.52. The van der Waals surface area contributed by atoms with E-state index in [9.17, 15) is 0 Å². The van der Waals surface area contributed by atoms with Gasteiger partial charge in [-0.25, -0.2) is 0 Å². The number of nitrogens with two attached hydrogens (primary N) is 1. The highest BCUT2D eigenvalue weighted by Gasteiger charge is 2.28. The maximum Gasteiger partial charge on any atom is 0.0707 e. The van der Waals surface area contributed by atoms with Gasteiger partial charge in [0.2, 0.25) is 0 Å². The molecule has 0 radical (unpaired) electrons. The predicted molar refractivity (Wildman–Crippen MR) is 65.3 cm³/mol. The summed E-state index contributed by atoms with van der Waals surface area (Å²) in [5.74, 6) is 2.55. The highest BCUT2D eigenvalue weighted by atomic mass is 32.2. The van der Waals surface area contributed by atoms with E-state index in [0.717, 1.165) is 13.0 Å². The third-order valence-electron chi connectivity index (χ3n) is 3.40. The molecule has 2 fully saturated rings. The molecule has 3 unspecified atom stereocenters. The smallest absolute Gasteiger partial charge is 0.0707 e. The van der Waals surface area contributed by atoms with Crippen LogP contribution in [0.3, 0.4) is 0 Å². The summed E-state index contributed by atoms with van der Waals surface area (Å²) in [6.45, 7) is 5.33. The Kier molecular flexibility index (Phi) is 4.31. The van der Waals surface area contributed by atoms with Gasteiger partial charge in [-0.3, -0.25) is 4.90 Å². The molecule has 3 nitrogen and oxygen atoms in total. The summed E-state index contributed by atoms with van der Waals surface area (Å²) in [4.78, 5) is 2.57. The Morgan fingerprint density at radius 3 is 2.87 bits per heavy atom. The number of rotatable bonds is 3. The SMILES string of the molecule is CC1CSCCN1CC1CCC(CN)O1. The van der Waals surface area contributed by atoms with Crippen molar-refractivity contribution in [1.29, 1.82) is 0 Å². The van der Waals surface area contributed by atoms with Gasteiger partial charge in [0, 0.05) is 37.2 Å². The normalized spacial score (nSPS) is 38.4. The minimum atomic E-state index is 0.324. The van der Waals surface area contributed by atoms with Gasteiger partial charge in [0.25, 0.3) is 0 Å². The van der Waals surface area contributed by atoms with Crippen LogP contribution < -0.4 is 5.73 Å². The van der Waals surface area contributed by atoms with Crippen LogP contribution in [0.2, 0.25) is 0 Å². The molecule has 88 valence electrons. The molecule has 3 atom stereocenters. The lowest BCUT2D eigenvalue weighted by molar-refractivity contribution is 0.0219. The van der Waals surface area contributed by atoms with Crippen LogP contribution in [0.5, 0.6) is 0 Å². The number of hydrogen-bond acceptors (Lipinski definition) is 4. The number of thioether (sulfide) groups is 1. The molecule has 2 saturated heterocycles. The number of ether oxygens (including phenoxy) is 1. The molecule has 4 heteroatoms. The van der Waals surface area contributed by atoms with Gasteiger partial charge in [0.15, 0.2) is 0 Å². The Labute approximate surface area is 96.7 Å². The van der Waals surface area contributed by atoms with E-state index in [-0.39, 0.29) is 0 Å². The molecule has 2 N–H and O–H groups in total. The van der Waals surface area contributed by atoms with Gasteiger partial charge in [-0.2, -0.15) is 11.8 Å². The fourth-order valence-corrected chi connectivity index (χ4v) is 3.46. The van der Waals surface area contributed by atoms with E-state index >= 15 is 0 Å². The van der Waals surface area contributed by atoms with Crippen molar-refractivity contribution in [2.24, 2.45) is 5.73 Å². The maximum absolute atomic E-state index is 5.89. The van der Waals surface area contributed by atoms with Gasteiger partial charge in [-0.05, 0) is 19.8 Å². The molecule has 2 aliphatic heterocycles. The van der Waals surface area contributed by atoms with Gasteiger partial charge < -0.3 is 10.5 Å². The summed E-state index contributed by atoms with van der Waals surface area (Å²) >= 11 is 2.07. The van der Waals surface area contributed by atoms with Gasteiger partial charge in [-0.1, -0.05) is 0 Å². The van der Waals surface area contributed by atoms with Gasteiger partial charge in [0.05, 0.1) is 12.2 Å². The topological polar surface area (TPSA) is 38.5 Å². The molecule has 15 heavy (non-hydrogen) atoms. The average Bonchev–Trinajstić information content (AvgIpc) is 2.69. The predicted octanol–water partition coefficient (Wildman–Crippen LogP) is 0.930. The van der Waals surface area contributed by atoms with E-state index < -0.39 is 0 Å². The molecule has 0 aromatic carbocycles. The minimum absolute atomic E-state index is 0.324. The molecule has 2 rings (SSSR count). The highest BCUT2D eigenvalue weighted by molar-refractivity contribution is 7.99. The van der Waals surface area contributed by atoms with Crippen molar-refractivity contribution in [2.75, 3.05) is 31.1 Å². The molecule has 0 aromatic heterocycles. The first kappa shape index (κ1) is 11.7. The molecular weight excluding hydrogens is 208 g/mol. The van der Waals surface area contributed by atoms with Crippen LogP contribution in [0, 0.1) is 0 Å². The van der Waals surface area contributed by atoms with Crippen molar-refractivity contribution >= 4 is 11.8 Å². The van der Waals surface area contributed by atoms with Crippen molar-refractivity contribution in [3.8, 4) is 0 Å². The zero-order chi connectivity index (χ0) is 10.7.